The van der Waals surface area contributed by atoms with Crippen molar-refractivity contribution in [3.05, 3.63) is 35.4 Å². The Morgan fingerprint density at radius 3 is 2.56 bits per heavy atom. The van der Waals surface area contributed by atoms with Crippen LogP contribution in [0, 0.1) is 11.8 Å². The Bertz CT molecular complexity index is 1020. The zero-order chi connectivity index (χ0) is 28.8. The van der Waals surface area contributed by atoms with Crippen LogP contribution in [0.5, 0.6) is 0 Å². The van der Waals surface area contributed by atoms with E-state index >= 15 is 0 Å². The third kappa shape index (κ3) is 6.60. The summed E-state index contributed by atoms with van der Waals surface area (Å²) in [5.41, 5.74) is 1.39. The van der Waals surface area contributed by atoms with Crippen molar-refractivity contribution in [2.45, 2.75) is 133 Å². The molecule has 4 unspecified atom stereocenters. The molecule has 1 heterocycles. The molecular weight excluding hydrogens is 520 g/mol. The highest BCUT2D eigenvalue weighted by Crippen LogP contribution is 2.54. The first-order valence-corrected chi connectivity index (χ1v) is 16.2. The molecule has 3 fully saturated rings. The Morgan fingerprint density at radius 1 is 1.00 bits per heavy atom. The van der Waals surface area contributed by atoms with Gasteiger partial charge in [-0.3, -0.25) is 4.79 Å². The van der Waals surface area contributed by atoms with Gasteiger partial charge < -0.3 is 30.3 Å². The van der Waals surface area contributed by atoms with Crippen LogP contribution in [0.4, 0.5) is 4.79 Å². The van der Waals surface area contributed by atoms with Crippen molar-refractivity contribution in [3.8, 4) is 0 Å². The summed E-state index contributed by atoms with van der Waals surface area (Å²) in [6.07, 6.45) is 9.51. The van der Waals surface area contributed by atoms with Crippen molar-refractivity contribution < 1.29 is 29.3 Å². The number of aliphatic hydroxyl groups excluding tert-OH is 2. The predicted octanol–water partition coefficient (Wildman–Crippen LogP) is 4.75. The van der Waals surface area contributed by atoms with Crippen molar-refractivity contribution in [3.63, 3.8) is 0 Å². The maximum absolute atomic E-state index is 13.9. The summed E-state index contributed by atoms with van der Waals surface area (Å²) >= 11 is 0. The summed E-state index contributed by atoms with van der Waals surface area (Å²) in [5.74, 6) is -0.459. The number of rotatable bonds is 10. The molecule has 1 saturated heterocycles. The second-order valence-electron chi connectivity index (χ2n) is 12.9. The van der Waals surface area contributed by atoms with Crippen molar-refractivity contribution in [1.29, 1.82) is 0 Å². The second kappa shape index (κ2) is 13.9. The molecule has 4 N–H and O–H groups in total. The summed E-state index contributed by atoms with van der Waals surface area (Å²) in [6, 6.07) is 7.62. The molecule has 8 nitrogen and oxygen atoms in total. The first kappa shape index (κ1) is 30.3. The monoisotopic (exact) mass is 570 g/mol. The average Bonchev–Trinajstić information content (AvgIpc) is 3.60. The van der Waals surface area contributed by atoms with Crippen LogP contribution in [0.15, 0.2) is 24.3 Å². The van der Waals surface area contributed by atoms with E-state index in [0.29, 0.717) is 38.9 Å². The normalized spacial score (nSPS) is 31.7. The van der Waals surface area contributed by atoms with Gasteiger partial charge in [-0.15, -0.1) is 0 Å². The molecule has 2 saturated carbocycles. The number of hydrogen-bond donors (Lipinski definition) is 4. The minimum Gasteiger partial charge on any atom is -0.444 e. The van der Waals surface area contributed by atoms with E-state index < -0.39 is 29.9 Å². The topological polar surface area (TPSA) is 117 Å². The first-order valence-electron chi connectivity index (χ1n) is 16.2. The Balaban J connectivity index is 1.56. The first-order chi connectivity index (χ1) is 19.9. The van der Waals surface area contributed by atoms with Gasteiger partial charge in [0, 0.05) is 24.7 Å². The Hall–Kier alpha value is -2.16. The van der Waals surface area contributed by atoms with Crippen LogP contribution in [-0.4, -0.2) is 65.3 Å². The number of ether oxygens (including phenoxy) is 2. The van der Waals surface area contributed by atoms with E-state index in [-0.39, 0.29) is 29.8 Å². The summed E-state index contributed by atoms with van der Waals surface area (Å²) in [4.78, 5) is 27.1. The van der Waals surface area contributed by atoms with Crippen LogP contribution in [0.2, 0.25) is 0 Å². The van der Waals surface area contributed by atoms with Gasteiger partial charge >= 0.3 is 6.09 Å². The molecule has 1 aromatic rings. The zero-order valence-corrected chi connectivity index (χ0v) is 24.7. The second-order valence-corrected chi connectivity index (χ2v) is 12.9. The van der Waals surface area contributed by atoms with E-state index in [1.165, 1.54) is 0 Å². The van der Waals surface area contributed by atoms with Gasteiger partial charge in [0.15, 0.2) is 0 Å². The van der Waals surface area contributed by atoms with Gasteiger partial charge in [-0.1, -0.05) is 69.7 Å². The number of hydrogen-bond acceptors (Lipinski definition) is 6. The van der Waals surface area contributed by atoms with E-state index in [9.17, 15) is 19.8 Å². The van der Waals surface area contributed by atoms with Crippen LogP contribution < -0.4 is 10.6 Å². The average molecular weight is 571 g/mol. The number of alkyl carbamates (subject to hydrolysis) is 1. The molecule has 0 radical (unpaired) electrons. The van der Waals surface area contributed by atoms with Crippen molar-refractivity contribution in [1.82, 2.24) is 10.6 Å². The molecule has 2 amide bonds. The SMILES string of the molecule is CCCCCC(=O)N[C@](C1CCCCC1)(C1CCCC(O)C1NC(=O)OC1CCOC1)[C@@H]1c2ccccc2C[C@@H]1O. The van der Waals surface area contributed by atoms with Crippen LogP contribution in [0.25, 0.3) is 0 Å². The van der Waals surface area contributed by atoms with E-state index in [0.717, 1.165) is 75.3 Å². The zero-order valence-electron chi connectivity index (χ0n) is 24.7. The predicted molar refractivity (Wildman–Crippen MR) is 156 cm³/mol. The number of aliphatic hydroxyl groups is 2. The Labute approximate surface area is 244 Å². The van der Waals surface area contributed by atoms with Gasteiger partial charge in [0.25, 0.3) is 0 Å². The third-order valence-electron chi connectivity index (χ3n) is 10.3. The van der Waals surface area contributed by atoms with E-state index in [1.807, 2.05) is 12.1 Å². The quantitative estimate of drug-likeness (QED) is 0.302. The summed E-state index contributed by atoms with van der Waals surface area (Å²) in [6.45, 7) is 3.09. The molecule has 7 atom stereocenters. The number of amides is 2. The van der Waals surface area contributed by atoms with E-state index in [4.69, 9.17) is 9.47 Å². The third-order valence-corrected chi connectivity index (χ3v) is 10.3. The number of carbonyl (C=O) groups is 2. The van der Waals surface area contributed by atoms with Gasteiger partial charge in [0.1, 0.15) is 6.10 Å². The van der Waals surface area contributed by atoms with Gasteiger partial charge in [-0.05, 0) is 55.6 Å². The van der Waals surface area contributed by atoms with Crippen molar-refractivity contribution >= 4 is 12.0 Å². The number of carbonyl (C=O) groups excluding carboxylic acids is 2. The highest BCUT2D eigenvalue weighted by Gasteiger charge is 2.59. The lowest BCUT2D eigenvalue weighted by Gasteiger charge is -2.56. The lowest BCUT2D eigenvalue weighted by Crippen LogP contribution is -2.70. The molecule has 3 aliphatic carbocycles. The molecule has 0 bridgehead atoms. The van der Waals surface area contributed by atoms with Crippen LogP contribution in [0.3, 0.4) is 0 Å². The lowest BCUT2D eigenvalue weighted by molar-refractivity contribution is -0.129. The highest BCUT2D eigenvalue weighted by molar-refractivity contribution is 5.77. The Morgan fingerprint density at radius 2 is 1.80 bits per heavy atom. The minimum atomic E-state index is -0.814. The molecule has 41 heavy (non-hydrogen) atoms. The fourth-order valence-electron chi connectivity index (χ4n) is 8.46. The van der Waals surface area contributed by atoms with Gasteiger partial charge in [-0.2, -0.15) is 0 Å². The molecule has 4 aliphatic rings. The van der Waals surface area contributed by atoms with Crippen molar-refractivity contribution in [2.75, 3.05) is 13.2 Å². The van der Waals surface area contributed by atoms with Gasteiger partial charge in [0.2, 0.25) is 5.91 Å². The molecule has 5 rings (SSSR count). The maximum atomic E-state index is 13.9. The minimum absolute atomic E-state index is 0.00472. The molecule has 0 aromatic heterocycles. The van der Waals surface area contributed by atoms with Gasteiger partial charge in [-0.25, -0.2) is 4.79 Å². The Kier molecular flexibility index (Phi) is 10.3. The lowest BCUT2D eigenvalue weighted by atomic mass is 9.55. The largest absolute Gasteiger partial charge is 0.444 e. The van der Waals surface area contributed by atoms with Crippen LogP contribution in [0.1, 0.15) is 107 Å². The summed E-state index contributed by atoms with van der Waals surface area (Å²) in [5, 5.41) is 30.0. The fraction of sp³-hybridized carbons (Fsp3) is 0.758. The number of nitrogens with one attached hydrogen (secondary N) is 2. The molecular formula is C33H50N2O6. The van der Waals surface area contributed by atoms with E-state index in [1.54, 1.807) is 0 Å². The number of unbranched alkanes of at least 4 members (excludes halogenated alkanes) is 2. The number of benzene rings is 1. The molecule has 228 valence electrons. The highest BCUT2D eigenvalue weighted by atomic mass is 16.6. The fourth-order valence-corrected chi connectivity index (χ4v) is 8.46. The maximum Gasteiger partial charge on any atom is 0.407 e. The molecule has 1 aliphatic heterocycles. The smallest absolute Gasteiger partial charge is 0.407 e. The van der Waals surface area contributed by atoms with Gasteiger partial charge in [0.05, 0.1) is 37.0 Å². The number of fused-ring (bicyclic) bond motifs is 1. The van der Waals surface area contributed by atoms with Crippen LogP contribution in [-0.2, 0) is 20.7 Å². The molecule has 0 spiro atoms. The molecule has 8 heteroatoms. The standard InChI is InChI=1S/C33H50N2O6/c1-2-3-5-17-29(38)35-33(23-12-6-4-7-13-23,30-25-14-9-8-11-22(25)20-28(30)37)26-15-10-16-27(36)31(26)34-32(39)41-24-18-19-40-21-24/h8-9,11,14,23-24,26-28,30-31,36-37H,2-7,10,12-13,15-21H2,1H3,(H,34,39)(H,35,38)/t24?,26?,27?,28-,30+,31?,33+/m0/s1. The summed E-state index contributed by atoms with van der Waals surface area (Å²) < 4.78 is 11.1. The van der Waals surface area contributed by atoms with Crippen LogP contribution >= 0.6 is 0 Å². The van der Waals surface area contributed by atoms with E-state index in [2.05, 4.69) is 29.7 Å². The molecule has 1 aromatic carbocycles. The van der Waals surface area contributed by atoms with Crippen molar-refractivity contribution in [2.24, 2.45) is 11.8 Å². The summed E-state index contributed by atoms with van der Waals surface area (Å²) in [7, 11) is 0.